The Morgan fingerprint density at radius 1 is 1.47 bits per heavy atom. The minimum atomic E-state index is -0.429. The monoisotopic (exact) mass is 210 g/mol. The average molecular weight is 210 g/mol. The van der Waals surface area contributed by atoms with E-state index in [9.17, 15) is 4.79 Å². The van der Waals surface area contributed by atoms with Crippen molar-refractivity contribution in [3.8, 4) is 0 Å². The van der Waals surface area contributed by atoms with E-state index in [1.807, 2.05) is 6.07 Å². The second kappa shape index (κ2) is 6.16. The first-order valence-corrected chi connectivity index (χ1v) is 4.63. The van der Waals surface area contributed by atoms with Gasteiger partial charge in [0.15, 0.2) is 0 Å². The molecule has 82 valence electrons. The molecule has 0 aliphatic heterocycles. The molecule has 0 bridgehead atoms. The zero-order valence-corrected chi connectivity index (χ0v) is 8.60. The van der Waals surface area contributed by atoms with Gasteiger partial charge in [-0.15, -0.1) is 0 Å². The highest BCUT2D eigenvalue weighted by Crippen LogP contribution is 2.07. The lowest BCUT2D eigenvalue weighted by Crippen LogP contribution is -2.09. The molecule has 0 atom stereocenters. The third-order valence-corrected chi connectivity index (χ3v) is 1.80. The fourth-order valence-electron chi connectivity index (χ4n) is 1.18. The van der Waals surface area contributed by atoms with E-state index in [2.05, 4.69) is 0 Å². The lowest BCUT2D eigenvalue weighted by Gasteiger charge is -2.04. The van der Waals surface area contributed by atoms with Crippen LogP contribution in [0.1, 0.15) is 15.9 Å². The number of hydrogen-bond acceptors (Lipinski definition) is 4. The summed E-state index contributed by atoms with van der Waals surface area (Å²) >= 11 is 0. The first-order chi connectivity index (χ1) is 7.27. The van der Waals surface area contributed by atoms with Crippen LogP contribution in [0.2, 0.25) is 0 Å². The molecule has 0 saturated heterocycles. The number of rotatable bonds is 5. The van der Waals surface area contributed by atoms with Gasteiger partial charge in [-0.05, 0) is 17.7 Å². The van der Waals surface area contributed by atoms with Crippen LogP contribution in [0.25, 0.3) is 0 Å². The maximum atomic E-state index is 11.4. The Morgan fingerprint density at radius 2 is 2.27 bits per heavy atom. The van der Waals surface area contributed by atoms with Gasteiger partial charge in [0.05, 0.1) is 18.8 Å². The van der Waals surface area contributed by atoms with Crippen LogP contribution in [0.3, 0.4) is 0 Å². The molecule has 4 heteroatoms. The van der Waals surface area contributed by atoms with E-state index >= 15 is 0 Å². The van der Waals surface area contributed by atoms with Crippen molar-refractivity contribution < 1.29 is 19.4 Å². The number of carbonyl (C=O) groups excluding carboxylic acids is 1. The summed E-state index contributed by atoms with van der Waals surface area (Å²) in [4.78, 5) is 11.4. The summed E-state index contributed by atoms with van der Waals surface area (Å²) in [6.45, 7) is 0.317. The number of benzene rings is 1. The zero-order valence-electron chi connectivity index (χ0n) is 8.60. The molecule has 0 unspecified atom stereocenters. The van der Waals surface area contributed by atoms with Crippen LogP contribution in [0.4, 0.5) is 0 Å². The van der Waals surface area contributed by atoms with E-state index in [0.29, 0.717) is 12.2 Å². The summed E-state index contributed by atoms with van der Waals surface area (Å²) in [7, 11) is 1.59. The summed E-state index contributed by atoms with van der Waals surface area (Å²) in [5, 5.41) is 8.50. The van der Waals surface area contributed by atoms with E-state index in [1.54, 1.807) is 25.3 Å². The van der Waals surface area contributed by atoms with Gasteiger partial charge in [0, 0.05) is 7.11 Å². The highest BCUT2D eigenvalue weighted by atomic mass is 16.5. The van der Waals surface area contributed by atoms with Crippen molar-refractivity contribution in [2.24, 2.45) is 0 Å². The molecular weight excluding hydrogens is 196 g/mol. The van der Waals surface area contributed by atoms with Crippen LogP contribution >= 0.6 is 0 Å². The smallest absolute Gasteiger partial charge is 0.338 e. The number of aliphatic hydroxyl groups is 1. The molecule has 0 amide bonds. The molecule has 0 saturated carbocycles. The lowest BCUT2D eigenvalue weighted by atomic mass is 10.1. The highest BCUT2D eigenvalue weighted by molar-refractivity contribution is 5.89. The minimum absolute atomic E-state index is 0.0212. The maximum absolute atomic E-state index is 11.4. The Kier molecular flexibility index (Phi) is 4.80. The molecule has 0 fully saturated rings. The first-order valence-electron chi connectivity index (χ1n) is 4.63. The van der Waals surface area contributed by atoms with Crippen molar-refractivity contribution in [1.82, 2.24) is 0 Å². The van der Waals surface area contributed by atoms with Crippen LogP contribution in [0.15, 0.2) is 24.3 Å². The summed E-state index contributed by atoms with van der Waals surface area (Å²) in [6, 6.07) is 7.01. The highest BCUT2D eigenvalue weighted by Gasteiger charge is 2.06. The molecule has 0 radical (unpaired) electrons. The number of carbonyl (C=O) groups is 1. The van der Waals surface area contributed by atoms with Gasteiger partial charge in [-0.2, -0.15) is 0 Å². The van der Waals surface area contributed by atoms with Crippen LogP contribution in [-0.4, -0.2) is 31.4 Å². The third kappa shape index (κ3) is 3.69. The third-order valence-electron chi connectivity index (χ3n) is 1.80. The molecule has 0 aromatic heterocycles. The maximum Gasteiger partial charge on any atom is 0.338 e. The fraction of sp³-hybridized carbons (Fsp3) is 0.364. The van der Waals surface area contributed by atoms with Gasteiger partial charge in [0.1, 0.15) is 6.61 Å². The van der Waals surface area contributed by atoms with E-state index in [-0.39, 0.29) is 13.2 Å². The number of aliphatic hydroxyl groups excluding tert-OH is 1. The molecule has 4 nitrogen and oxygen atoms in total. The molecule has 0 aliphatic carbocycles. The zero-order chi connectivity index (χ0) is 11.1. The van der Waals surface area contributed by atoms with Crippen molar-refractivity contribution in [2.45, 2.75) is 6.61 Å². The topological polar surface area (TPSA) is 55.8 Å². The molecule has 0 spiro atoms. The molecule has 1 aromatic carbocycles. The Bertz CT molecular complexity index is 322. The summed E-state index contributed by atoms with van der Waals surface area (Å²) in [6.07, 6.45) is 0. The number of ether oxygens (including phenoxy) is 2. The lowest BCUT2D eigenvalue weighted by molar-refractivity contribution is 0.0433. The van der Waals surface area contributed by atoms with Crippen molar-refractivity contribution in [2.75, 3.05) is 20.3 Å². The predicted octanol–water partition coefficient (Wildman–Crippen LogP) is 0.982. The minimum Gasteiger partial charge on any atom is -0.460 e. The number of esters is 1. The molecule has 15 heavy (non-hydrogen) atoms. The largest absolute Gasteiger partial charge is 0.460 e. The van der Waals surface area contributed by atoms with Gasteiger partial charge in [-0.25, -0.2) is 4.79 Å². The van der Waals surface area contributed by atoms with Crippen LogP contribution < -0.4 is 0 Å². The first kappa shape index (κ1) is 11.7. The van der Waals surface area contributed by atoms with Crippen molar-refractivity contribution in [3.05, 3.63) is 35.4 Å². The van der Waals surface area contributed by atoms with Crippen molar-refractivity contribution in [3.63, 3.8) is 0 Å². The molecule has 0 heterocycles. The molecule has 1 rings (SSSR count). The van der Waals surface area contributed by atoms with Crippen molar-refractivity contribution >= 4 is 5.97 Å². The number of methoxy groups -OCH3 is 1. The Hall–Kier alpha value is -1.39. The van der Waals surface area contributed by atoms with Crippen LogP contribution in [0.5, 0.6) is 0 Å². The van der Waals surface area contributed by atoms with Gasteiger partial charge in [-0.3, -0.25) is 0 Å². The summed E-state index contributed by atoms with van der Waals surface area (Å²) in [5.74, 6) is -0.429. The predicted molar refractivity (Wildman–Crippen MR) is 54.5 cm³/mol. The Labute approximate surface area is 88.4 Å². The molecule has 1 N–H and O–H groups in total. The van der Waals surface area contributed by atoms with E-state index in [4.69, 9.17) is 14.6 Å². The Balaban J connectivity index is 2.67. The fourth-order valence-corrected chi connectivity index (χ4v) is 1.18. The quantitative estimate of drug-likeness (QED) is 0.736. The van der Waals surface area contributed by atoms with E-state index in [0.717, 1.165) is 5.56 Å². The van der Waals surface area contributed by atoms with Gasteiger partial charge >= 0.3 is 5.97 Å². The van der Waals surface area contributed by atoms with Crippen molar-refractivity contribution in [1.29, 1.82) is 0 Å². The summed E-state index contributed by atoms with van der Waals surface area (Å²) in [5.41, 5.74) is 1.38. The standard InChI is InChI=1S/C11H14O4/c1-14-8-9-3-2-4-10(7-9)11(13)15-6-5-12/h2-4,7,12H,5-6,8H2,1H3. The van der Waals surface area contributed by atoms with Gasteiger partial charge in [0.25, 0.3) is 0 Å². The molecule has 0 aliphatic rings. The molecular formula is C11H14O4. The second-order valence-electron chi connectivity index (χ2n) is 2.99. The summed E-state index contributed by atoms with van der Waals surface area (Å²) < 4.78 is 9.73. The SMILES string of the molecule is COCc1cccc(C(=O)OCCO)c1. The van der Waals surface area contributed by atoms with Gasteiger partial charge in [-0.1, -0.05) is 12.1 Å². The molecule has 1 aromatic rings. The van der Waals surface area contributed by atoms with Gasteiger partial charge in [0.2, 0.25) is 0 Å². The van der Waals surface area contributed by atoms with Gasteiger partial charge < -0.3 is 14.6 Å². The van der Waals surface area contributed by atoms with Crippen LogP contribution in [0, 0.1) is 0 Å². The normalized spacial score (nSPS) is 10.0. The van der Waals surface area contributed by atoms with E-state index < -0.39 is 5.97 Å². The average Bonchev–Trinajstić information content (AvgIpc) is 2.27. The second-order valence-corrected chi connectivity index (χ2v) is 2.99. The Morgan fingerprint density at radius 3 is 2.93 bits per heavy atom. The van der Waals surface area contributed by atoms with E-state index in [1.165, 1.54) is 0 Å². The van der Waals surface area contributed by atoms with Crippen LogP contribution in [-0.2, 0) is 16.1 Å². The number of hydrogen-bond donors (Lipinski definition) is 1.